The molecule has 2 N–H and O–H groups in total. The van der Waals surface area contributed by atoms with E-state index in [9.17, 15) is 14.4 Å². The summed E-state index contributed by atoms with van der Waals surface area (Å²) in [6.45, 7) is 5.96. The van der Waals surface area contributed by atoms with Crippen LogP contribution in [0.2, 0.25) is 10.0 Å². The Morgan fingerprint density at radius 3 is 2.24 bits per heavy atom. The van der Waals surface area contributed by atoms with Crippen molar-refractivity contribution in [1.29, 1.82) is 0 Å². The number of aryl methyl sites for hydroxylation is 1. The minimum absolute atomic E-state index is 0.0413. The predicted octanol–water partition coefficient (Wildman–Crippen LogP) is 5.40. The molecule has 0 radical (unpaired) electrons. The molecule has 58 heavy (non-hydrogen) atoms. The highest BCUT2D eigenvalue weighted by Crippen LogP contribution is 2.31. The van der Waals surface area contributed by atoms with Crippen LogP contribution in [0.4, 0.5) is 5.69 Å². The summed E-state index contributed by atoms with van der Waals surface area (Å²) in [7, 11) is 3.16. The molecule has 1 aliphatic rings. The van der Waals surface area contributed by atoms with Crippen molar-refractivity contribution in [3.63, 3.8) is 0 Å². The van der Waals surface area contributed by atoms with Crippen LogP contribution < -0.4 is 29.9 Å². The molecule has 2 amide bonds. The molecule has 1 unspecified atom stereocenters. The molecule has 0 aliphatic carbocycles. The molecule has 316 valence electrons. The highest BCUT2D eigenvalue weighted by Gasteiger charge is 2.25. The smallest absolute Gasteiger partial charge is 0.293 e. The largest absolute Gasteiger partial charge is 0.493 e. The lowest BCUT2D eigenvalue weighted by atomic mass is 10.0. The summed E-state index contributed by atoms with van der Waals surface area (Å²) in [5.41, 5.74) is 2.55. The number of hydrogen-bond donors (Lipinski definition) is 2. The number of anilines is 1. The van der Waals surface area contributed by atoms with E-state index in [0.717, 1.165) is 16.8 Å². The molecule has 0 saturated heterocycles. The molecule has 15 nitrogen and oxygen atoms in total. The van der Waals surface area contributed by atoms with Crippen molar-refractivity contribution in [2.24, 2.45) is 11.0 Å². The monoisotopic (exact) mass is 846 g/mol. The van der Waals surface area contributed by atoms with Crippen molar-refractivity contribution in [2.75, 3.05) is 91.8 Å². The number of ether oxygens (including phenoxy) is 8. The molecule has 0 fully saturated rings. The zero-order valence-electron chi connectivity index (χ0n) is 33.0. The lowest BCUT2D eigenvalue weighted by Crippen LogP contribution is -2.34. The van der Waals surface area contributed by atoms with Crippen LogP contribution in [0, 0.1) is 5.92 Å². The predicted molar refractivity (Wildman–Crippen MR) is 219 cm³/mol. The number of halogens is 2. The Balaban J connectivity index is 0.966. The first-order valence-electron chi connectivity index (χ1n) is 18.9. The van der Waals surface area contributed by atoms with Crippen molar-refractivity contribution < 1.29 is 52.3 Å². The fourth-order valence-corrected chi connectivity index (χ4v) is 5.98. The number of carbonyl (C=O) groups excluding carboxylic acids is 3. The number of amides is 2. The molecule has 3 aromatic carbocycles. The maximum Gasteiger partial charge on any atom is 0.293 e. The first-order chi connectivity index (χ1) is 28.2. The van der Waals surface area contributed by atoms with Gasteiger partial charge in [-0.2, -0.15) is 5.10 Å². The molecular weight excluding hydrogens is 795 g/mol. The van der Waals surface area contributed by atoms with Gasteiger partial charge in [-0.15, -0.1) is 0 Å². The van der Waals surface area contributed by atoms with E-state index in [2.05, 4.69) is 15.7 Å². The van der Waals surface area contributed by atoms with E-state index in [0.29, 0.717) is 112 Å². The van der Waals surface area contributed by atoms with Crippen molar-refractivity contribution in [3.8, 4) is 17.2 Å². The Morgan fingerprint density at radius 1 is 0.845 bits per heavy atom. The van der Waals surface area contributed by atoms with Crippen LogP contribution in [0.1, 0.15) is 37.0 Å². The fraction of sp³-hybridized carbons (Fsp3) is 0.463. The van der Waals surface area contributed by atoms with Crippen LogP contribution >= 0.6 is 23.2 Å². The normalized spacial score (nSPS) is 14.1. The first kappa shape index (κ1) is 46.1. The number of benzene rings is 3. The van der Waals surface area contributed by atoms with E-state index in [1.54, 1.807) is 49.6 Å². The van der Waals surface area contributed by atoms with Gasteiger partial charge in [-0.05, 0) is 66.4 Å². The molecule has 4 rings (SSSR count). The van der Waals surface area contributed by atoms with Gasteiger partial charge in [0.25, 0.3) is 12.4 Å². The number of rotatable bonds is 27. The molecule has 1 aliphatic heterocycles. The van der Waals surface area contributed by atoms with Gasteiger partial charge < -0.3 is 48.5 Å². The third-order valence-corrected chi connectivity index (χ3v) is 9.47. The number of carbonyl (C=O) groups is 3. The lowest BCUT2D eigenvalue weighted by molar-refractivity contribution is -0.134. The number of hydrazone groups is 1. The molecule has 3 aromatic rings. The third kappa shape index (κ3) is 16.0. The average molecular weight is 848 g/mol. The van der Waals surface area contributed by atoms with E-state index in [-0.39, 0.29) is 37.4 Å². The number of nitrogens with zero attached hydrogens (tertiary/aromatic N) is 2. The van der Waals surface area contributed by atoms with Crippen LogP contribution in [0.5, 0.6) is 17.2 Å². The summed E-state index contributed by atoms with van der Waals surface area (Å²) in [4.78, 5) is 36.0. The lowest BCUT2D eigenvalue weighted by Gasteiger charge is -2.17. The Morgan fingerprint density at radius 2 is 1.55 bits per heavy atom. The summed E-state index contributed by atoms with van der Waals surface area (Å²) >= 11 is 12.1. The molecule has 2 atom stereocenters. The van der Waals surface area contributed by atoms with Gasteiger partial charge in [0.05, 0.1) is 95.8 Å². The van der Waals surface area contributed by atoms with Crippen molar-refractivity contribution in [3.05, 3.63) is 81.8 Å². The van der Waals surface area contributed by atoms with Gasteiger partial charge in [-0.25, -0.2) is 0 Å². The number of amidine groups is 1. The molecule has 1 heterocycles. The van der Waals surface area contributed by atoms with Gasteiger partial charge >= 0.3 is 0 Å². The van der Waals surface area contributed by atoms with E-state index in [4.69, 9.17) is 61.1 Å². The summed E-state index contributed by atoms with van der Waals surface area (Å²) < 4.78 is 43.8. The summed E-state index contributed by atoms with van der Waals surface area (Å²) in [6, 6.07) is 18.1. The van der Waals surface area contributed by atoms with E-state index >= 15 is 0 Å². The molecule has 0 aromatic heterocycles. The molecule has 0 bridgehead atoms. The van der Waals surface area contributed by atoms with Gasteiger partial charge in [-0.1, -0.05) is 48.3 Å². The second kappa shape index (κ2) is 25.7. The van der Waals surface area contributed by atoms with Crippen molar-refractivity contribution in [2.45, 2.75) is 32.3 Å². The number of nitrogens with one attached hydrogen (secondary N) is 2. The molecule has 0 spiro atoms. The van der Waals surface area contributed by atoms with Crippen LogP contribution in [-0.2, 0) is 44.5 Å². The molecule has 17 heteroatoms. The highest BCUT2D eigenvalue weighted by atomic mass is 35.5. The van der Waals surface area contributed by atoms with E-state index in [1.165, 1.54) is 0 Å². The Hall–Kier alpha value is -4.64. The van der Waals surface area contributed by atoms with Gasteiger partial charge in [0.1, 0.15) is 17.7 Å². The standard InChI is InChI=1S/C41H52Cl2N4O11/c1-29-26-47(32-9-10-34(42)35(43)25-32)46-41(29)45-39(49)13-15-53-17-19-55-21-22-56-20-18-54-16-14-44-40(50)27-57-33-6-4-5-31(24-33)36(58-28-48)11-7-30-8-12-37(51-2)38(23-30)52-3/h4-6,8-10,12,23-25,28-29,36H,7,11,13-22,26-27H2,1-3H3,(H,44,50)(H,45,46,49)/t29?,36-/m0/s1. The zero-order valence-corrected chi connectivity index (χ0v) is 34.6. The van der Waals surface area contributed by atoms with Gasteiger partial charge in [-0.3, -0.25) is 19.4 Å². The van der Waals surface area contributed by atoms with Crippen LogP contribution in [-0.4, -0.2) is 111 Å². The SMILES string of the molecule is COc1ccc(CC[C@H](OC=O)c2cccc(OCC(=O)NCCOCCOCCOCCOCCC(=O)NC3=NN(c4ccc(Cl)c(Cl)c4)CC3C)c2)cc1OC. The quantitative estimate of drug-likeness (QED) is 0.0744. The van der Waals surface area contributed by atoms with Crippen molar-refractivity contribution >= 4 is 53.0 Å². The summed E-state index contributed by atoms with van der Waals surface area (Å²) in [5, 5.41) is 12.8. The Labute approximate surface area is 349 Å². The fourth-order valence-electron chi connectivity index (χ4n) is 5.69. The van der Waals surface area contributed by atoms with Crippen LogP contribution in [0.25, 0.3) is 0 Å². The van der Waals surface area contributed by atoms with Gasteiger partial charge in [0.15, 0.2) is 18.1 Å². The van der Waals surface area contributed by atoms with Gasteiger partial charge in [0.2, 0.25) is 5.91 Å². The van der Waals surface area contributed by atoms with E-state index < -0.39 is 6.10 Å². The number of methoxy groups -OCH3 is 2. The summed E-state index contributed by atoms with van der Waals surface area (Å²) in [5.74, 6) is 1.90. The minimum atomic E-state index is -0.505. The maximum atomic E-state index is 12.4. The van der Waals surface area contributed by atoms with Crippen LogP contribution in [0.15, 0.2) is 65.8 Å². The van der Waals surface area contributed by atoms with Gasteiger partial charge in [0, 0.05) is 12.5 Å². The minimum Gasteiger partial charge on any atom is -0.493 e. The van der Waals surface area contributed by atoms with Crippen LogP contribution in [0.3, 0.4) is 0 Å². The zero-order chi connectivity index (χ0) is 41.5. The molecule has 0 saturated carbocycles. The maximum absolute atomic E-state index is 12.4. The molecular formula is C41H52Cl2N4O11. The van der Waals surface area contributed by atoms with Crippen molar-refractivity contribution in [1.82, 2.24) is 10.6 Å². The topological polar surface area (TPSA) is 165 Å². The third-order valence-electron chi connectivity index (χ3n) is 8.73. The Kier molecular flexibility index (Phi) is 20.4. The second-order valence-corrected chi connectivity index (χ2v) is 13.8. The highest BCUT2D eigenvalue weighted by molar-refractivity contribution is 6.42. The average Bonchev–Trinajstić information content (AvgIpc) is 3.59. The number of hydrogen-bond acceptors (Lipinski definition) is 13. The van der Waals surface area contributed by atoms with E-state index in [1.807, 2.05) is 37.3 Å². The second-order valence-electron chi connectivity index (χ2n) is 13.0. The Bertz CT molecular complexity index is 1780. The summed E-state index contributed by atoms with van der Waals surface area (Å²) in [6.07, 6.45) is 0.839. The first-order valence-corrected chi connectivity index (χ1v) is 19.7.